The quantitative estimate of drug-likeness (QED) is 0.843. The molecule has 0 spiro atoms. The number of nitrogens with zero attached hydrogens (tertiary/aromatic N) is 1. The smallest absolute Gasteiger partial charge is 0.326 e. The zero-order valence-corrected chi connectivity index (χ0v) is 12.8. The number of piperidine rings is 1. The van der Waals surface area contributed by atoms with Crippen LogP contribution in [-0.2, 0) is 4.79 Å². The number of aliphatic carboxylic acids is 1. The molecule has 0 aliphatic carbocycles. The fourth-order valence-corrected chi connectivity index (χ4v) is 3.10. The molecule has 0 saturated carbocycles. The molecule has 1 fully saturated rings. The maximum absolute atomic E-state index is 13.5. The van der Waals surface area contributed by atoms with Crippen molar-refractivity contribution in [1.82, 2.24) is 4.90 Å². The first-order valence-corrected chi connectivity index (χ1v) is 7.27. The molecule has 2 rings (SSSR count). The number of carboxylic acids is 1. The summed E-state index contributed by atoms with van der Waals surface area (Å²) < 4.78 is 13.5. The van der Waals surface area contributed by atoms with Gasteiger partial charge in [-0.05, 0) is 30.9 Å². The molecule has 0 bridgehead atoms. The lowest BCUT2D eigenvalue weighted by Gasteiger charge is -2.37. The predicted octanol–water partition coefficient (Wildman–Crippen LogP) is 3.46. The molecule has 1 N–H and O–H groups in total. The summed E-state index contributed by atoms with van der Waals surface area (Å²) in [4.78, 5) is 25.1. The second kappa shape index (κ2) is 6.20. The van der Waals surface area contributed by atoms with Gasteiger partial charge in [-0.3, -0.25) is 4.79 Å². The second-order valence-corrected chi connectivity index (χ2v) is 5.96. The van der Waals surface area contributed by atoms with Crippen LogP contribution in [0.5, 0.6) is 0 Å². The molecule has 1 aromatic rings. The van der Waals surface area contributed by atoms with E-state index in [9.17, 15) is 19.1 Å². The number of benzene rings is 1. The van der Waals surface area contributed by atoms with Crippen LogP contribution in [0.15, 0.2) is 12.1 Å². The summed E-state index contributed by atoms with van der Waals surface area (Å²) in [7, 11) is 0. The second-order valence-electron chi connectivity index (χ2n) is 5.15. The molecule has 0 aromatic heterocycles. The van der Waals surface area contributed by atoms with Crippen molar-refractivity contribution in [3.63, 3.8) is 0 Å². The average molecular weight is 334 g/mol. The van der Waals surface area contributed by atoms with Gasteiger partial charge in [-0.2, -0.15) is 0 Å². The summed E-state index contributed by atoms with van der Waals surface area (Å²) in [6.07, 6.45) is 1.42. The molecule has 1 heterocycles. The maximum atomic E-state index is 13.5. The summed E-state index contributed by atoms with van der Waals surface area (Å²) >= 11 is 11.5. The van der Waals surface area contributed by atoms with Gasteiger partial charge in [-0.25, -0.2) is 9.18 Å². The lowest BCUT2D eigenvalue weighted by atomic mass is 9.90. The van der Waals surface area contributed by atoms with Gasteiger partial charge in [0.15, 0.2) is 0 Å². The van der Waals surface area contributed by atoms with E-state index < -0.39 is 23.7 Å². The molecule has 2 atom stereocenters. The molecule has 1 saturated heterocycles. The van der Waals surface area contributed by atoms with E-state index in [1.807, 2.05) is 0 Å². The van der Waals surface area contributed by atoms with Gasteiger partial charge in [0.25, 0.3) is 5.91 Å². The summed E-state index contributed by atoms with van der Waals surface area (Å²) in [5.74, 6) is -2.59. The summed E-state index contributed by atoms with van der Waals surface area (Å²) in [5, 5.41) is 9.15. The Morgan fingerprint density at radius 3 is 2.62 bits per heavy atom. The third-order valence-corrected chi connectivity index (χ3v) is 4.29. The molecular weight excluding hydrogens is 320 g/mol. The molecule has 1 aliphatic rings. The van der Waals surface area contributed by atoms with E-state index >= 15 is 0 Å². The largest absolute Gasteiger partial charge is 0.480 e. The molecule has 0 radical (unpaired) electrons. The molecule has 4 nitrogen and oxygen atoms in total. The predicted molar refractivity (Wildman–Crippen MR) is 77.3 cm³/mol. The number of rotatable bonds is 2. The van der Waals surface area contributed by atoms with Crippen molar-refractivity contribution in [3.8, 4) is 0 Å². The molecule has 21 heavy (non-hydrogen) atoms. The van der Waals surface area contributed by atoms with Gasteiger partial charge in [0, 0.05) is 6.54 Å². The fraction of sp³-hybridized carbons (Fsp3) is 0.429. The minimum absolute atomic E-state index is 0.00812. The third kappa shape index (κ3) is 3.14. The topological polar surface area (TPSA) is 57.6 Å². The Morgan fingerprint density at radius 2 is 2.00 bits per heavy atom. The van der Waals surface area contributed by atoms with Gasteiger partial charge in [-0.1, -0.05) is 30.1 Å². The maximum Gasteiger partial charge on any atom is 0.326 e. The molecule has 1 amide bonds. The van der Waals surface area contributed by atoms with Crippen LogP contribution in [0.25, 0.3) is 0 Å². The van der Waals surface area contributed by atoms with Crippen molar-refractivity contribution in [1.29, 1.82) is 0 Å². The summed E-state index contributed by atoms with van der Waals surface area (Å²) in [6.45, 7) is 2.09. The molecular formula is C14H14Cl2FNO3. The number of carboxylic acid groups (broad SMARTS) is 1. The first-order valence-electron chi connectivity index (χ1n) is 6.51. The Morgan fingerprint density at radius 1 is 1.33 bits per heavy atom. The van der Waals surface area contributed by atoms with Crippen molar-refractivity contribution in [3.05, 3.63) is 33.6 Å². The van der Waals surface area contributed by atoms with Crippen LogP contribution in [0.2, 0.25) is 10.0 Å². The van der Waals surface area contributed by atoms with E-state index in [-0.39, 0.29) is 21.5 Å². The highest BCUT2D eigenvalue weighted by Crippen LogP contribution is 2.29. The minimum atomic E-state index is -1.07. The Bertz CT molecular complexity index is 594. The van der Waals surface area contributed by atoms with Crippen LogP contribution < -0.4 is 0 Å². The molecule has 7 heteroatoms. The Balaban J connectivity index is 2.38. The third-order valence-electron chi connectivity index (χ3n) is 3.69. The highest BCUT2D eigenvalue weighted by atomic mass is 35.5. The van der Waals surface area contributed by atoms with Crippen LogP contribution in [-0.4, -0.2) is 34.5 Å². The van der Waals surface area contributed by atoms with Gasteiger partial charge < -0.3 is 10.0 Å². The van der Waals surface area contributed by atoms with E-state index in [4.69, 9.17) is 23.2 Å². The van der Waals surface area contributed by atoms with Gasteiger partial charge in [0.1, 0.15) is 11.9 Å². The van der Waals surface area contributed by atoms with Crippen molar-refractivity contribution >= 4 is 35.1 Å². The number of halogens is 3. The number of hydrogen-bond acceptors (Lipinski definition) is 2. The Hall–Kier alpha value is -1.33. The van der Waals surface area contributed by atoms with E-state index in [0.29, 0.717) is 13.0 Å². The average Bonchev–Trinajstić information content (AvgIpc) is 2.41. The van der Waals surface area contributed by atoms with E-state index in [1.54, 1.807) is 6.92 Å². The lowest BCUT2D eigenvalue weighted by Crippen LogP contribution is -2.52. The van der Waals surface area contributed by atoms with E-state index in [0.717, 1.165) is 18.6 Å². The highest BCUT2D eigenvalue weighted by Gasteiger charge is 2.38. The first-order chi connectivity index (χ1) is 9.82. The van der Waals surface area contributed by atoms with Crippen molar-refractivity contribution < 1.29 is 19.1 Å². The molecule has 2 unspecified atom stereocenters. The van der Waals surface area contributed by atoms with E-state index in [1.165, 1.54) is 4.90 Å². The first kappa shape index (κ1) is 16.0. The number of carbonyl (C=O) groups is 2. The van der Waals surface area contributed by atoms with Crippen molar-refractivity contribution in [2.45, 2.75) is 25.8 Å². The van der Waals surface area contributed by atoms with Gasteiger partial charge in [0.2, 0.25) is 0 Å². The SMILES string of the molecule is CC1CCCN(C(=O)c2cc(F)c(Cl)cc2Cl)C1C(=O)O. The molecule has 114 valence electrons. The monoisotopic (exact) mass is 333 g/mol. The standard InChI is InChI=1S/C14H14Cl2FNO3/c1-7-3-2-4-18(12(7)14(20)21)13(19)8-5-11(17)10(16)6-9(8)15/h5-7,12H,2-4H2,1H3,(H,20,21). The van der Waals surface area contributed by atoms with Crippen LogP contribution in [0, 0.1) is 11.7 Å². The summed E-state index contributed by atoms with van der Waals surface area (Å²) in [6, 6.07) is 1.17. The fourth-order valence-electron chi connectivity index (χ4n) is 2.63. The number of carbonyl (C=O) groups excluding carboxylic acids is 1. The van der Waals surface area contributed by atoms with E-state index in [2.05, 4.69) is 0 Å². The number of hydrogen-bond donors (Lipinski definition) is 1. The van der Waals surface area contributed by atoms with Crippen molar-refractivity contribution in [2.75, 3.05) is 6.54 Å². The van der Waals surface area contributed by atoms with Crippen molar-refractivity contribution in [2.24, 2.45) is 5.92 Å². The van der Waals surface area contributed by atoms with Crippen LogP contribution >= 0.6 is 23.2 Å². The number of amides is 1. The summed E-state index contributed by atoms with van der Waals surface area (Å²) in [5.41, 5.74) is -0.0704. The molecule has 1 aliphatic heterocycles. The molecule has 1 aromatic carbocycles. The number of likely N-dealkylation sites (tertiary alicyclic amines) is 1. The minimum Gasteiger partial charge on any atom is -0.480 e. The zero-order chi connectivity index (χ0) is 15.7. The van der Waals surface area contributed by atoms with Crippen LogP contribution in [0.4, 0.5) is 4.39 Å². The highest BCUT2D eigenvalue weighted by molar-refractivity contribution is 6.36. The normalized spacial score (nSPS) is 22.2. The van der Waals surface area contributed by atoms with Gasteiger partial charge in [0.05, 0.1) is 15.6 Å². The van der Waals surface area contributed by atoms with Crippen LogP contribution in [0.1, 0.15) is 30.1 Å². The van der Waals surface area contributed by atoms with Crippen LogP contribution in [0.3, 0.4) is 0 Å². The Kier molecular flexibility index (Phi) is 4.74. The van der Waals surface area contributed by atoms with Gasteiger partial charge >= 0.3 is 5.97 Å². The lowest BCUT2D eigenvalue weighted by molar-refractivity contribution is -0.145. The van der Waals surface area contributed by atoms with Gasteiger partial charge in [-0.15, -0.1) is 0 Å². The zero-order valence-electron chi connectivity index (χ0n) is 11.3. The Labute approximate surface area is 131 Å².